The van der Waals surface area contributed by atoms with Crippen molar-refractivity contribution in [1.82, 2.24) is 0 Å². The van der Waals surface area contributed by atoms with Crippen LogP contribution in [0.3, 0.4) is 0 Å². The van der Waals surface area contributed by atoms with E-state index in [1.165, 1.54) is 0 Å². The van der Waals surface area contributed by atoms with E-state index >= 15 is 0 Å². The van der Waals surface area contributed by atoms with Crippen molar-refractivity contribution in [2.45, 2.75) is 13.3 Å². The van der Waals surface area contributed by atoms with Crippen molar-refractivity contribution in [3.8, 4) is 17.2 Å². The summed E-state index contributed by atoms with van der Waals surface area (Å²) >= 11 is 0. The Morgan fingerprint density at radius 1 is 1.25 bits per heavy atom. The molecule has 0 aliphatic heterocycles. The molecule has 0 atom stereocenters. The van der Waals surface area contributed by atoms with Crippen LogP contribution in [0.4, 0.5) is 0 Å². The minimum absolute atomic E-state index is 0. The second-order valence-electron chi connectivity index (χ2n) is 3.00. The predicted molar refractivity (Wildman–Crippen MR) is 57.8 cm³/mol. The summed E-state index contributed by atoms with van der Waals surface area (Å²) in [6.07, 6.45) is 0.682. The summed E-state index contributed by atoms with van der Waals surface area (Å²) in [5.74, 6) is -2.42. The van der Waals surface area contributed by atoms with Gasteiger partial charge < -0.3 is 20.1 Å². The minimum atomic E-state index is -0.651. The number of carbonyl (C=O) groups is 1. The standard InChI is InChI=1S/C10H12O5.Na/c1-2-3-15-10(14)6-4-7(11)9(13)8(12)5-6;/h4-5,11-13H,2-3H2,1H3;. The van der Waals surface area contributed by atoms with E-state index in [4.69, 9.17) is 20.1 Å². The van der Waals surface area contributed by atoms with Gasteiger partial charge in [0.15, 0.2) is 17.2 Å². The van der Waals surface area contributed by atoms with Gasteiger partial charge in [0.05, 0.1) is 12.2 Å². The molecule has 1 radical (unpaired) electrons. The Balaban J connectivity index is 0.00000225. The molecule has 0 aliphatic rings. The van der Waals surface area contributed by atoms with Gasteiger partial charge in [-0.2, -0.15) is 0 Å². The first kappa shape index (κ1) is 15.1. The van der Waals surface area contributed by atoms with E-state index in [-0.39, 0.29) is 41.7 Å². The van der Waals surface area contributed by atoms with Gasteiger partial charge in [-0.15, -0.1) is 0 Å². The molecule has 1 aromatic rings. The smallest absolute Gasteiger partial charge is 0.338 e. The first-order chi connectivity index (χ1) is 7.06. The van der Waals surface area contributed by atoms with Crippen LogP contribution in [0.2, 0.25) is 0 Å². The van der Waals surface area contributed by atoms with Crippen LogP contribution in [0.5, 0.6) is 17.2 Å². The fraction of sp³-hybridized carbons (Fsp3) is 0.300. The molecule has 0 aromatic heterocycles. The van der Waals surface area contributed by atoms with Gasteiger partial charge in [-0.05, 0) is 18.6 Å². The van der Waals surface area contributed by atoms with Gasteiger partial charge in [-0.25, -0.2) is 4.79 Å². The Kier molecular flexibility index (Phi) is 6.25. The SMILES string of the molecule is CCCOC(=O)c1cc(O)c(O)c(O)c1.[Na]. The Morgan fingerprint density at radius 3 is 2.19 bits per heavy atom. The molecule has 0 amide bonds. The van der Waals surface area contributed by atoms with Gasteiger partial charge in [-0.3, -0.25) is 0 Å². The maximum absolute atomic E-state index is 11.3. The molecule has 1 aromatic carbocycles. The van der Waals surface area contributed by atoms with Gasteiger partial charge in [0.1, 0.15) is 0 Å². The topological polar surface area (TPSA) is 87.0 Å². The van der Waals surface area contributed by atoms with Crippen molar-refractivity contribution in [3.63, 3.8) is 0 Å². The van der Waals surface area contributed by atoms with Crippen molar-refractivity contribution in [2.24, 2.45) is 0 Å². The number of ether oxygens (including phenoxy) is 1. The molecule has 6 heteroatoms. The molecular weight excluding hydrogens is 223 g/mol. The number of carbonyl (C=O) groups excluding carboxylic acids is 1. The maximum Gasteiger partial charge on any atom is 0.338 e. The summed E-state index contributed by atoms with van der Waals surface area (Å²) < 4.78 is 4.78. The van der Waals surface area contributed by atoms with E-state index < -0.39 is 23.2 Å². The average Bonchev–Trinajstić information content (AvgIpc) is 2.21. The van der Waals surface area contributed by atoms with Gasteiger partial charge in [0, 0.05) is 29.6 Å². The first-order valence-corrected chi connectivity index (χ1v) is 4.48. The van der Waals surface area contributed by atoms with Crippen LogP contribution in [0.15, 0.2) is 12.1 Å². The Hall–Kier alpha value is -0.910. The van der Waals surface area contributed by atoms with Gasteiger partial charge in [0.25, 0.3) is 0 Å². The van der Waals surface area contributed by atoms with Crippen LogP contribution in [0.25, 0.3) is 0 Å². The molecule has 0 bridgehead atoms. The molecule has 1 rings (SSSR count). The number of rotatable bonds is 3. The zero-order valence-corrected chi connectivity index (χ0v) is 11.2. The second-order valence-corrected chi connectivity index (χ2v) is 3.00. The zero-order valence-electron chi connectivity index (χ0n) is 9.23. The molecule has 0 saturated heterocycles. The van der Waals surface area contributed by atoms with Crippen molar-refractivity contribution < 1.29 is 24.9 Å². The maximum atomic E-state index is 11.3. The molecule has 0 unspecified atom stereocenters. The summed E-state index contributed by atoms with van der Waals surface area (Å²) in [6, 6.07) is 2.07. The molecule has 83 valence electrons. The third kappa shape index (κ3) is 3.59. The molecule has 16 heavy (non-hydrogen) atoms. The monoisotopic (exact) mass is 235 g/mol. The number of esters is 1. The molecule has 0 saturated carbocycles. The Bertz CT molecular complexity index is 354. The number of phenolic OH excluding ortho intramolecular Hbond substituents is 3. The van der Waals surface area contributed by atoms with Crippen LogP contribution in [0, 0.1) is 0 Å². The molecule has 0 fully saturated rings. The summed E-state index contributed by atoms with van der Waals surface area (Å²) in [4.78, 5) is 11.3. The number of hydrogen-bond donors (Lipinski definition) is 3. The van der Waals surface area contributed by atoms with Crippen molar-refractivity contribution in [3.05, 3.63) is 17.7 Å². The molecule has 0 heterocycles. The normalized spacial score (nSPS) is 9.31. The third-order valence-corrected chi connectivity index (χ3v) is 1.74. The predicted octanol–water partition coefficient (Wildman–Crippen LogP) is 0.989. The summed E-state index contributed by atoms with van der Waals surface area (Å²) in [6.45, 7) is 2.11. The average molecular weight is 235 g/mol. The van der Waals surface area contributed by atoms with Crippen LogP contribution < -0.4 is 0 Å². The first-order valence-electron chi connectivity index (χ1n) is 4.48. The Labute approximate surface area is 115 Å². The number of benzene rings is 1. The van der Waals surface area contributed by atoms with Crippen molar-refractivity contribution in [1.29, 1.82) is 0 Å². The molecule has 3 N–H and O–H groups in total. The van der Waals surface area contributed by atoms with Crippen molar-refractivity contribution in [2.75, 3.05) is 6.61 Å². The van der Waals surface area contributed by atoms with Crippen LogP contribution in [-0.4, -0.2) is 57.5 Å². The molecule has 0 spiro atoms. The van der Waals surface area contributed by atoms with E-state index in [2.05, 4.69) is 0 Å². The largest absolute Gasteiger partial charge is 0.504 e. The quantitative estimate of drug-likeness (QED) is 0.413. The van der Waals surface area contributed by atoms with Crippen molar-refractivity contribution >= 4 is 35.5 Å². The van der Waals surface area contributed by atoms with Crippen LogP contribution >= 0.6 is 0 Å². The summed E-state index contributed by atoms with van der Waals surface area (Å²) in [5, 5.41) is 27.3. The van der Waals surface area contributed by atoms with Gasteiger partial charge in [0.2, 0.25) is 0 Å². The van der Waals surface area contributed by atoms with E-state index in [0.717, 1.165) is 12.1 Å². The number of hydrogen-bond acceptors (Lipinski definition) is 5. The van der Waals surface area contributed by atoms with Crippen LogP contribution in [-0.2, 0) is 4.74 Å². The van der Waals surface area contributed by atoms with E-state index in [9.17, 15) is 4.79 Å². The van der Waals surface area contributed by atoms with Gasteiger partial charge >= 0.3 is 5.97 Å². The number of phenols is 3. The van der Waals surface area contributed by atoms with E-state index in [1.807, 2.05) is 6.92 Å². The molecule has 5 nitrogen and oxygen atoms in total. The van der Waals surface area contributed by atoms with E-state index in [0.29, 0.717) is 6.42 Å². The minimum Gasteiger partial charge on any atom is -0.504 e. The van der Waals surface area contributed by atoms with Gasteiger partial charge in [-0.1, -0.05) is 6.92 Å². The summed E-state index contributed by atoms with van der Waals surface area (Å²) in [7, 11) is 0. The zero-order chi connectivity index (χ0) is 11.4. The molecular formula is C10H12NaO5. The van der Waals surface area contributed by atoms with E-state index in [1.54, 1.807) is 0 Å². The fourth-order valence-corrected chi connectivity index (χ4v) is 1.00. The molecule has 0 aliphatic carbocycles. The second kappa shape index (κ2) is 6.62. The third-order valence-electron chi connectivity index (χ3n) is 1.74. The summed E-state index contributed by atoms with van der Waals surface area (Å²) in [5.41, 5.74) is -0.00347. The number of aromatic hydroxyl groups is 3. The van der Waals surface area contributed by atoms with Crippen LogP contribution in [0.1, 0.15) is 23.7 Å². The fourth-order valence-electron chi connectivity index (χ4n) is 1.00. The Morgan fingerprint density at radius 2 is 1.75 bits per heavy atom.